The van der Waals surface area contributed by atoms with E-state index in [-0.39, 0.29) is 0 Å². The summed E-state index contributed by atoms with van der Waals surface area (Å²) in [6.07, 6.45) is 3.17. The zero-order valence-electron chi connectivity index (χ0n) is 12.9. The van der Waals surface area contributed by atoms with E-state index >= 15 is 0 Å². The third-order valence-corrected chi connectivity index (χ3v) is 3.66. The Bertz CT molecular complexity index is 387. The van der Waals surface area contributed by atoms with Crippen LogP contribution in [-0.4, -0.2) is 59.3 Å². The van der Waals surface area contributed by atoms with E-state index < -0.39 is 0 Å². The van der Waals surface area contributed by atoms with Crippen LogP contribution in [0.5, 0.6) is 0 Å². The highest BCUT2D eigenvalue weighted by Gasteiger charge is 2.19. The first-order chi connectivity index (χ1) is 9.65. The molecule has 2 heterocycles. The molecule has 0 spiro atoms. The zero-order chi connectivity index (χ0) is 14.4. The summed E-state index contributed by atoms with van der Waals surface area (Å²) in [7, 11) is 2.15. The fourth-order valence-electron chi connectivity index (χ4n) is 2.33. The summed E-state index contributed by atoms with van der Waals surface area (Å²) >= 11 is 0. The Morgan fingerprint density at radius 3 is 3.10 bits per heavy atom. The number of ether oxygens (including phenoxy) is 1. The Labute approximate surface area is 121 Å². The Hall–Kier alpha value is -0.980. The Kier molecular flexibility index (Phi) is 5.94. The van der Waals surface area contributed by atoms with Gasteiger partial charge in [0.2, 0.25) is 0 Å². The molecule has 0 amide bonds. The molecule has 1 unspecified atom stereocenters. The van der Waals surface area contributed by atoms with Crippen molar-refractivity contribution in [1.29, 1.82) is 0 Å². The van der Waals surface area contributed by atoms with Gasteiger partial charge in [0.1, 0.15) is 0 Å². The first-order valence-corrected chi connectivity index (χ1v) is 7.53. The Balaban J connectivity index is 1.69. The second-order valence-electron chi connectivity index (χ2n) is 6.00. The molecule has 6 nitrogen and oxygen atoms in total. The van der Waals surface area contributed by atoms with Gasteiger partial charge in [-0.3, -0.25) is 9.58 Å². The van der Waals surface area contributed by atoms with Gasteiger partial charge in [-0.05, 0) is 25.9 Å². The van der Waals surface area contributed by atoms with Gasteiger partial charge >= 0.3 is 0 Å². The first-order valence-electron chi connectivity index (χ1n) is 7.53. The van der Waals surface area contributed by atoms with Gasteiger partial charge in [0.15, 0.2) is 0 Å². The molecule has 1 N–H and O–H groups in total. The summed E-state index contributed by atoms with van der Waals surface area (Å²) in [4.78, 5) is 2.35. The van der Waals surface area contributed by atoms with Crippen LogP contribution in [0.1, 0.15) is 26.0 Å². The molecule has 1 aromatic heterocycles. The van der Waals surface area contributed by atoms with E-state index in [1.807, 2.05) is 10.9 Å². The number of aromatic nitrogens is 3. The van der Waals surface area contributed by atoms with Crippen molar-refractivity contribution in [2.24, 2.45) is 5.92 Å². The molecule has 0 bridgehead atoms. The molecule has 1 aromatic rings. The van der Waals surface area contributed by atoms with Crippen molar-refractivity contribution in [1.82, 2.24) is 25.2 Å². The predicted molar refractivity (Wildman–Crippen MR) is 78.4 cm³/mol. The highest BCUT2D eigenvalue weighted by molar-refractivity contribution is 4.91. The van der Waals surface area contributed by atoms with Crippen molar-refractivity contribution in [2.45, 2.75) is 39.4 Å². The molecule has 0 radical (unpaired) electrons. The standard InChI is InChI=1S/C14H27N5O/c1-12(2)8-15-9-13-10-19(17-16-13)6-5-18(3)14-4-7-20-11-14/h10,12,14-15H,4-9,11H2,1-3H3. The van der Waals surface area contributed by atoms with Gasteiger partial charge < -0.3 is 10.1 Å². The molecule has 1 fully saturated rings. The quantitative estimate of drug-likeness (QED) is 0.762. The summed E-state index contributed by atoms with van der Waals surface area (Å²) in [6.45, 7) is 9.82. The van der Waals surface area contributed by atoms with Crippen molar-refractivity contribution in [3.05, 3.63) is 11.9 Å². The first kappa shape index (κ1) is 15.4. The number of nitrogens with zero attached hydrogens (tertiary/aromatic N) is 4. The average Bonchev–Trinajstić information content (AvgIpc) is 3.07. The van der Waals surface area contributed by atoms with Crippen LogP contribution in [0, 0.1) is 5.92 Å². The van der Waals surface area contributed by atoms with Crippen LogP contribution >= 0.6 is 0 Å². The molecule has 0 saturated carbocycles. The minimum atomic E-state index is 0.561. The highest BCUT2D eigenvalue weighted by atomic mass is 16.5. The second-order valence-corrected chi connectivity index (χ2v) is 6.00. The minimum Gasteiger partial charge on any atom is -0.380 e. The fraction of sp³-hybridized carbons (Fsp3) is 0.857. The lowest BCUT2D eigenvalue weighted by molar-refractivity contribution is 0.156. The smallest absolute Gasteiger partial charge is 0.0964 e. The number of rotatable bonds is 8. The maximum atomic E-state index is 5.41. The topological polar surface area (TPSA) is 55.2 Å². The summed E-state index contributed by atoms with van der Waals surface area (Å²) < 4.78 is 7.34. The molecular weight excluding hydrogens is 254 g/mol. The monoisotopic (exact) mass is 281 g/mol. The van der Waals surface area contributed by atoms with E-state index in [9.17, 15) is 0 Å². The van der Waals surface area contributed by atoms with Crippen molar-refractivity contribution in [3.63, 3.8) is 0 Å². The third-order valence-electron chi connectivity index (χ3n) is 3.66. The number of likely N-dealkylation sites (N-methyl/N-ethyl adjacent to an activating group) is 1. The van der Waals surface area contributed by atoms with Gasteiger partial charge in [-0.2, -0.15) is 0 Å². The fourth-order valence-corrected chi connectivity index (χ4v) is 2.33. The van der Waals surface area contributed by atoms with Crippen molar-refractivity contribution in [2.75, 3.05) is 33.4 Å². The van der Waals surface area contributed by atoms with Gasteiger partial charge in [0.05, 0.1) is 18.8 Å². The van der Waals surface area contributed by atoms with E-state index in [1.165, 1.54) is 0 Å². The largest absolute Gasteiger partial charge is 0.380 e. The summed E-state index contributed by atoms with van der Waals surface area (Å²) in [5.74, 6) is 0.660. The number of hydrogen-bond acceptors (Lipinski definition) is 5. The molecule has 0 aromatic carbocycles. The predicted octanol–water partition coefficient (Wildman–Crippen LogP) is 0.744. The van der Waals surface area contributed by atoms with Crippen LogP contribution < -0.4 is 5.32 Å². The van der Waals surface area contributed by atoms with E-state index in [1.54, 1.807) is 0 Å². The highest BCUT2D eigenvalue weighted by Crippen LogP contribution is 2.10. The van der Waals surface area contributed by atoms with Crippen LogP contribution in [0.25, 0.3) is 0 Å². The van der Waals surface area contributed by atoms with E-state index in [0.717, 1.165) is 51.5 Å². The minimum absolute atomic E-state index is 0.561. The van der Waals surface area contributed by atoms with Crippen molar-refractivity contribution >= 4 is 0 Å². The van der Waals surface area contributed by atoms with Gasteiger partial charge in [0.25, 0.3) is 0 Å². The van der Waals surface area contributed by atoms with Crippen molar-refractivity contribution < 1.29 is 4.74 Å². The molecule has 2 rings (SSSR count). The maximum absolute atomic E-state index is 5.41. The number of nitrogens with one attached hydrogen (secondary N) is 1. The Morgan fingerprint density at radius 2 is 2.40 bits per heavy atom. The molecule has 1 aliphatic rings. The second kappa shape index (κ2) is 7.71. The molecule has 20 heavy (non-hydrogen) atoms. The summed E-state index contributed by atoms with van der Waals surface area (Å²) in [5, 5.41) is 11.8. The summed E-state index contributed by atoms with van der Waals surface area (Å²) in [6, 6.07) is 0.561. The van der Waals surface area contributed by atoms with E-state index in [4.69, 9.17) is 4.74 Å². The van der Waals surface area contributed by atoms with Crippen molar-refractivity contribution in [3.8, 4) is 0 Å². The average molecular weight is 281 g/mol. The SMILES string of the molecule is CC(C)CNCc1cn(CCN(C)C2CCOC2)nn1. The molecule has 1 saturated heterocycles. The van der Waals surface area contributed by atoms with Gasteiger partial charge in [0, 0.05) is 31.9 Å². The Morgan fingerprint density at radius 1 is 1.55 bits per heavy atom. The molecule has 1 aliphatic heterocycles. The lowest BCUT2D eigenvalue weighted by Crippen LogP contribution is -2.34. The van der Waals surface area contributed by atoms with Gasteiger partial charge in [-0.1, -0.05) is 19.1 Å². The lowest BCUT2D eigenvalue weighted by Gasteiger charge is -2.22. The van der Waals surface area contributed by atoms with Gasteiger partial charge in [-0.15, -0.1) is 5.10 Å². The van der Waals surface area contributed by atoms with Crippen LogP contribution in [0.3, 0.4) is 0 Å². The van der Waals surface area contributed by atoms with Crippen LogP contribution in [0.2, 0.25) is 0 Å². The molecular formula is C14H27N5O. The maximum Gasteiger partial charge on any atom is 0.0964 e. The molecule has 114 valence electrons. The van der Waals surface area contributed by atoms with Crippen LogP contribution in [-0.2, 0) is 17.8 Å². The number of hydrogen-bond donors (Lipinski definition) is 1. The van der Waals surface area contributed by atoms with Gasteiger partial charge in [-0.25, -0.2) is 0 Å². The van der Waals surface area contributed by atoms with Crippen LogP contribution in [0.4, 0.5) is 0 Å². The lowest BCUT2D eigenvalue weighted by atomic mass is 10.2. The van der Waals surface area contributed by atoms with E-state index in [2.05, 4.69) is 41.4 Å². The zero-order valence-corrected chi connectivity index (χ0v) is 12.9. The molecule has 6 heteroatoms. The molecule has 1 atom stereocenters. The van der Waals surface area contributed by atoms with E-state index in [0.29, 0.717) is 12.0 Å². The normalized spacial score (nSPS) is 19.4. The van der Waals surface area contributed by atoms with Crippen LogP contribution in [0.15, 0.2) is 6.20 Å². The molecule has 0 aliphatic carbocycles. The summed E-state index contributed by atoms with van der Waals surface area (Å²) in [5.41, 5.74) is 1.01. The third kappa shape index (κ3) is 4.85.